The van der Waals surface area contributed by atoms with Crippen molar-refractivity contribution in [1.82, 2.24) is 5.32 Å². The number of hydrogen-bond acceptors (Lipinski definition) is 6. The fourth-order valence-corrected chi connectivity index (χ4v) is 2.43. The molecule has 0 aliphatic carbocycles. The summed E-state index contributed by atoms with van der Waals surface area (Å²) >= 11 is 0. The normalized spacial score (nSPS) is 14.2. The maximum Gasteiger partial charge on any atom is 0.336 e. The molecule has 0 fully saturated rings. The molecule has 0 bridgehead atoms. The molecule has 0 aromatic heterocycles. The first-order chi connectivity index (χ1) is 11.1. The quantitative estimate of drug-likeness (QED) is 0.836. The van der Waals surface area contributed by atoms with E-state index < -0.39 is 17.9 Å². The van der Waals surface area contributed by atoms with Crippen LogP contribution in [0.25, 0.3) is 0 Å². The zero-order chi connectivity index (χ0) is 16.8. The van der Waals surface area contributed by atoms with E-state index in [0.717, 1.165) is 11.3 Å². The van der Waals surface area contributed by atoms with E-state index in [0.29, 0.717) is 17.8 Å². The number of benzene rings is 1. The van der Waals surface area contributed by atoms with E-state index in [1.54, 1.807) is 12.1 Å². The van der Waals surface area contributed by atoms with Gasteiger partial charge in [-0.25, -0.2) is 9.59 Å². The standard InChI is InChI=1S/C17H19NO5/c1-4-23-12-7-5-11(6-8-12)15-13(16(19)21-2)9-18-10-14(15)17(20)22-3/h5-10,15,18H,4H2,1-3H3. The lowest BCUT2D eigenvalue weighted by Crippen LogP contribution is -2.26. The van der Waals surface area contributed by atoms with Gasteiger partial charge in [-0.1, -0.05) is 12.1 Å². The minimum absolute atomic E-state index is 0.333. The lowest BCUT2D eigenvalue weighted by atomic mass is 9.83. The average molecular weight is 317 g/mol. The van der Waals surface area contributed by atoms with Crippen LogP contribution in [0.15, 0.2) is 47.8 Å². The van der Waals surface area contributed by atoms with Gasteiger partial charge in [-0.05, 0) is 24.6 Å². The van der Waals surface area contributed by atoms with Crippen molar-refractivity contribution in [3.05, 3.63) is 53.4 Å². The maximum atomic E-state index is 12.0. The van der Waals surface area contributed by atoms with Crippen molar-refractivity contribution in [2.75, 3.05) is 20.8 Å². The Morgan fingerprint density at radius 3 is 1.96 bits per heavy atom. The van der Waals surface area contributed by atoms with Crippen LogP contribution in [0.5, 0.6) is 5.75 Å². The zero-order valence-corrected chi connectivity index (χ0v) is 13.3. The van der Waals surface area contributed by atoms with Crippen molar-refractivity contribution >= 4 is 11.9 Å². The van der Waals surface area contributed by atoms with Gasteiger partial charge in [0, 0.05) is 12.4 Å². The minimum atomic E-state index is -0.563. The highest BCUT2D eigenvalue weighted by Gasteiger charge is 2.33. The highest BCUT2D eigenvalue weighted by Crippen LogP contribution is 2.35. The van der Waals surface area contributed by atoms with Crippen LogP contribution in [0.1, 0.15) is 18.4 Å². The van der Waals surface area contributed by atoms with E-state index in [1.165, 1.54) is 26.6 Å². The van der Waals surface area contributed by atoms with Gasteiger partial charge < -0.3 is 19.5 Å². The first kappa shape index (κ1) is 16.6. The molecule has 1 aromatic carbocycles. The molecule has 0 unspecified atom stereocenters. The van der Waals surface area contributed by atoms with Crippen molar-refractivity contribution in [2.24, 2.45) is 0 Å². The Balaban J connectivity index is 2.42. The molecule has 6 nitrogen and oxygen atoms in total. The molecule has 1 heterocycles. The van der Waals surface area contributed by atoms with Crippen molar-refractivity contribution < 1.29 is 23.8 Å². The van der Waals surface area contributed by atoms with Crippen LogP contribution >= 0.6 is 0 Å². The van der Waals surface area contributed by atoms with Gasteiger partial charge in [-0.3, -0.25) is 0 Å². The molecule has 23 heavy (non-hydrogen) atoms. The van der Waals surface area contributed by atoms with Gasteiger partial charge in [0.15, 0.2) is 0 Å². The number of ether oxygens (including phenoxy) is 3. The second-order valence-corrected chi connectivity index (χ2v) is 4.78. The van der Waals surface area contributed by atoms with E-state index in [1.807, 2.05) is 19.1 Å². The van der Waals surface area contributed by atoms with Crippen LogP contribution in [0.2, 0.25) is 0 Å². The lowest BCUT2D eigenvalue weighted by molar-refractivity contribution is -0.137. The molecule has 6 heteroatoms. The highest BCUT2D eigenvalue weighted by molar-refractivity contribution is 5.98. The SMILES string of the molecule is CCOc1ccc(C2C(C(=O)OC)=CNC=C2C(=O)OC)cc1. The second-order valence-electron chi connectivity index (χ2n) is 4.78. The van der Waals surface area contributed by atoms with Crippen LogP contribution in [0.3, 0.4) is 0 Å². The molecule has 122 valence electrons. The summed E-state index contributed by atoms with van der Waals surface area (Å²) in [6.07, 6.45) is 3.05. The van der Waals surface area contributed by atoms with Gasteiger partial charge in [0.2, 0.25) is 0 Å². The maximum absolute atomic E-state index is 12.0. The van der Waals surface area contributed by atoms with Crippen LogP contribution in [-0.2, 0) is 19.1 Å². The predicted molar refractivity (Wildman–Crippen MR) is 83.7 cm³/mol. The second kappa shape index (κ2) is 7.49. The van der Waals surface area contributed by atoms with Crippen molar-refractivity contribution in [3.63, 3.8) is 0 Å². The third kappa shape index (κ3) is 3.53. The minimum Gasteiger partial charge on any atom is -0.494 e. The topological polar surface area (TPSA) is 73.9 Å². The number of carbonyl (C=O) groups is 2. The summed E-state index contributed by atoms with van der Waals surface area (Å²) in [6, 6.07) is 7.22. The first-order valence-electron chi connectivity index (χ1n) is 7.17. The van der Waals surface area contributed by atoms with Gasteiger partial charge in [-0.15, -0.1) is 0 Å². The Labute approximate surface area is 134 Å². The summed E-state index contributed by atoms with van der Waals surface area (Å²) in [6.45, 7) is 2.46. The number of carbonyl (C=O) groups excluding carboxylic acids is 2. The van der Waals surface area contributed by atoms with Crippen LogP contribution in [0, 0.1) is 0 Å². The molecule has 1 aliphatic rings. The van der Waals surface area contributed by atoms with Gasteiger partial charge in [0.25, 0.3) is 0 Å². The molecule has 0 amide bonds. The summed E-state index contributed by atoms with van der Waals surface area (Å²) in [7, 11) is 2.60. The van der Waals surface area contributed by atoms with E-state index in [-0.39, 0.29) is 0 Å². The Morgan fingerprint density at radius 1 is 1.00 bits per heavy atom. The Kier molecular flexibility index (Phi) is 5.41. The molecule has 0 spiro atoms. The van der Waals surface area contributed by atoms with Gasteiger partial charge in [0.05, 0.1) is 37.9 Å². The van der Waals surface area contributed by atoms with Crippen LogP contribution in [-0.4, -0.2) is 32.8 Å². The molecule has 0 radical (unpaired) electrons. The molecular weight excluding hydrogens is 298 g/mol. The smallest absolute Gasteiger partial charge is 0.336 e. The highest BCUT2D eigenvalue weighted by atomic mass is 16.5. The predicted octanol–water partition coefficient (Wildman–Crippen LogP) is 1.89. The third-order valence-electron chi connectivity index (χ3n) is 3.47. The largest absolute Gasteiger partial charge is 0.494 e. The molecule has 0 saturated heterocycles. The summed E-state index contributed by atoms with van der Waals surface area (Å²) in [5, 5.41) is 2.80. The molecule has 1 aliphatic heterocycles. The molecular formula is C17H19NO5. The number of rotatable bonds is 5. The van der Waals surface area contributed by atoms with Gasteiger partial charge in [0.1, 0.15) is 5.75 Å². The average Bonchev–Trinajstić information content (AvgIpc) is 2.60. The van der Waals surface area contributed by atoms with Crippen molar-refractivity contribution in [2.45, 2.75) is 12.8 Å². The molecule has 1 aromatic rings. The van der Waals surface area contributed by atoms with E-state index >= 15 is 0 Å². The van der Waals surface area contributed by atoms with E-state index in [4.69, 9.17) is 14.2 Å². The fourth-order valence-electron chi connectivity index (χ4n) is 2.43. The summed E-state index contributed by atoms with van der Waals surface area (Å²) in [4.78, 5) is 24.1. The van der Waals surface area contributed by atoms with Crippen molar-refractivity contribution in [1.29, 1.82) is 0 Å². The van der Waals surface area contributed by atoms with E-state index in [2.05, 4.69) is 5.32 Å². The summed E-state index contributed by atoms with van der Waals surface area (Å²) in [5.41, 5.74) is 1.43. The summed E-state index contributed by atoms with van der Waals surface area (Å²) in [5.74, 6) is -0.860. The zero-order valence-electron chi connectivity index (χ0n) is 13.3. The van der Waals surface area contributed by atoms with Crippen LogP contribution < -0.4 is 10.1 Å². The van der Waals surface area contributed by atoms with Crippen LogP contribution in [0.4, 0.5) is 0 Å². The van der Waals surface area contributed by atoms with Gasteiger partial charge in [-0.2, -0.15) is 0 Å². The molecule has 0 saturated carbocycles. The lowest BCUT2D eigenvalue weighted by Gasteiger charge is -2.24. The number of hydrogen-bond donors (Lipinski definition) is 1. The molecule has 1 N–H and O–H groups in total. The molecule has 0 atom stereocenters. The summed E-state index contributed by atoms with van der Waals surface area (Å²) < 4.78 is 15.0. The number of dihydropyridines is 1. The first-order valence-corrected chi connectivity index (χ1v) is 7.17. The molecule has 2 rings (SSSR count). The third-order valence-corrected chi connectivity index (χ3v) is 3.47. The Bertz CT molecular complexity index is 613. The van der Waals surface area contributed by atoms with Gasteiger partial charge >= 0.3 is 11.9 Å². The number of nitrogens with one attached hydrogen (secondary N) is 1. The van der Waals surface area contributed by atoms with E-state index in [9.17, 15) is 9.59 Å². The van der Waals surface area contributed by atoms with Crippen molar-refractivity contribution in [3.8, 4) is 5.75 Å². The Morgan fingerprint density at radius 2 is 1.52 bits per heavy atom. The monoisotopic (exact) mass is 317 g/mol. The Hall–Kier alpha value is -2.76. The number of esters is 2. The fraction of sp³-hybridized carbons (Fsp3) is 0.294. The number of methoxy groups -OCH3 is 2.